The van der Waals surface area contributed by atoms with Crippen molar-refractivity contribution in [3.63, 3.8) is 0 Å². The molecule has 0 unspecified atom stereocenters. The van der Waals surface area contributed by atoms with Crippen LogP contribution in [-0.4, -0.2) is 24.5 Å². The van der Waals surface area contributed by atoms with Gasteiger partial charge in [0.1, 0.15) is 11.4 Å². The number of anilines is 1. The summed E-state index contributed by atoms with van der Waals surface area (Å²) in [5.74, 6) is -0.334. The van der Waals surface area contributed by atoms with E-state index >= 15 is 0 Å². The van der Waals surface area contributed by atoms with Crippen LogP contribution in [0.15, 0.2) is 53.4 Å². The second kappa shape index (κ2) is 7.33. The molecule has 3 rings (SSSR count). The summed E-state index contributed by atoms with van der Waals surface area (Å²) >= 11 is 0. The molecule has 7 nitrogen and oxygen atoms in total. The Bertz CT molecular complexity index is 1170. The predicted octanol–water partition coefficient (Wildman–Crippen LogP) is 3.37. The molecule has 0 spiro atoms. The second-order valence-corrected chi connectivity index (χ2v) is 7.65. The molecule has 0 aliphatic heterocycles. The smallest absolute Gasteiger partial charge is 0.326 e. The summed E-state index contributed by atoms with van der Waals surface area (Å²) in [7, 11) is -4.21. The number of aromatic nitrogens is 2. The van der Waals surface area contributed by atoms with Crippen molar-refractivity contribution in [2.45, 2.75) is 18.0 Å². The molecule has 0 fully saturated rings. The molecule has 11 heteroatoms. The van der Waals surface area contributed by atoms with Crippen LogP contribution in [0.2, 0.25) is 0 Å². The molecule has 4 N–H and O–H groups in total. The van der Waals surface area contributed by atoms with Gasteiger partial charge in [0.15, 0.2) is 0 Å². The van der Waals surface area contributed by atoms with Gasteiger partial charge in [0, 0.05) is 23.7 Å². The summed E-state index contributed by atoms with van der Waals surface area (Å²) < 4.78 is 64.5. The fraction of sp³-hybridized carbons (Fsp3) is 0.111. The van der Waals surface area contributed by atoms with Gasteiger partial charge < -0.3 is 5.32 Å². The number of halogens is 3. The minimum absolute atomic E-state index is 0.0670. The van der Waals surface area contributed by atoms with E-state index in [1.807, 2.05) is 5.10 Å². The average Bonchev–Trinajstić information content (AvgIpc) is 3.06. The lowest BCUT2D eigenvalue weighted by molar-refractivity contribution is -0.140. The highest BCUT2D eigenvalue weighted by Crippen LogP contribution is 2.42. The molecule has 0 bridgehead atoms. The van der Waals surface area contributed by atoms with Crippen LogP contribution in [0.5, 0.6) is 0 Å². The molecule has 0 saturated carbocycles. The number of alkyl halides is 3. The summed E-state index contributed by atoms with van der Waals surface area (Å²) in [4.78, 5) is 10.8. The zero-order chi connectivity index (χ0) is 21.4. The maximum Gasteiger partial charge on any atom is 0.433 e. The Hall–Kier alpha value is -3.18. The highest BCUT2D eigenvalue weighted by atomic mass is 32.2. The van der Waals surface area contributed by atoms with E-state index in [9.17, 15) is 26.4 Å². The molecule has 152 valence electrons. The standard InChI is InChI=1S/C18H15F3N4O3S/c1-10(26)23-12-8-6-11(7-9-12)15-16(24-25-17(15)18(19,20)21)13-4-2-3-5-14(13)29(22,27)28/h2-9H,1H3,(H,23,26)(H,24,25)(H2,22,27,28). The third-order valence-corrected chi connectivity index (χ3v) is 4.96. The van der Waals surface area contributed by atoms with Gasteiger partial charge in [-0.2, -0.15) is 18.3 Å². The number of nitrogens with zero attached hydrogens (tertiary/aromatic N) is 1. The number of nitrogens with one attached hydrogen (secondary N) is 2. The lowest BCUT2D eigenvalue weighted by Crippen LogP contribution is -2.13. The Morgan fingerprint density at radius 2 is 1.72 bits per heavy atom. The largest absolute Gasteiger partial charge is 0.433 e. The van der Waals surface area contributed by atoms with Gasteiger partial charge in [-0.15, -0.1) is 0 Å². The number of benzene rings is 2. The number of primary sulfonamides is 1. The number of carbonyl (C=O) groups is 1. The van der Waals surface area contributed by atoms with Crippen molar-refractivity contribution in [2.75, 3.05) is 5.32 Å². The van der Waals surface area contributed by atoms with Gasteiger partial charge in [0.2, 0.25) is 15.9 Å². The van der Waals surface area contributed by atoms with Crippen LogP contribution in [0.4, 0.5) is 18.9 Å². The minimum atomic E-state index is -4.77. The number of sulfonamides is 1. The fourth-order valence-electron chi connectivity index (χ4n) is 2.86. The van der Waals surface area contributed by atoms with Gasteiger partial charge in [-0.05, 0) is 23.8 Å². The predicted molar refractivity (Wildman–Crippen MR) is 100 cm³/mol. The Kier molecular flexibility index (Phi) is 5.20. The summed E-state index contributed by atoms with van der Waals surface area (Å²) in [6, 6.07) is 11.0. The number of H-pyrrole nitrogens is 1. The van der Waals surface area contributed by atoms with Crippen LogP contribution in [0, 0.1) is 0 Å². The fourth-order valence-corrected chi connectivity index (χ4v) is 3.60. The number of nitrogens with two attached hydrogens (primary N) is 1. The molecule has 1 heterocycles. The first-order valence-corrected chi connectivity index (χ1v) is 9.69. The van der Waals surface area contributed by atoms with Gasteiger partial charge in [-0.3, -0.25) is 9.89 Å². The Balaban J connectivity index is 2.25. The van der Waals surface area contributed by atoms with E-state index in [1.165, 1.54) is 55.5 Å². The highest BCUT2D eigenvalue weighted by Gasteiger charge is 2.38. The first-order chi connectivity index (χ1) is 13.5. The molecular weight excluding hydrogens is 409 g/mol. The van der Waals surface area contributed by atoms with Crippen molar-refractivity contribution in [1.29, 1.82) is 0 Å². The number of rotatable bonds is 4. The Labute approximate surface area is 163 Å². The van der Waals surface area contributed by atoms with E-state index in [1.54, 1.807) is 0 Å². The van der Waals surface area contributed by atoms with Gasteiger partial charge >= 0.3 is 6.18 Å². The van der Waals surface area contributed by atoms with Crippen molar-refractivity contribution in [2.24, 2.45) is 5.14 Å². The molecule has 0 atom stereocenters. The van der Waals surface area contributed by atoms with Crippen LogP contribution >= 0.6 is 0 Å². The summed E-state index contributed by atoms with van der Waals surface area (Å²) in [5, 5.41) is 13.4. The van der Waals surface area contributed by atoms with Crippen LogP contribution in [0.25, 0.3) is 22.4 Å². The van der Waals surface area contributed by atoms with Crippen LogP contribution in [0.3, 0.4) is 0 Å². The normalized spacial score (nSPS) is 12.0. The van der Waals surface area contributed by atoms with Crippen LogP contribution in [0.1, 0.15) is 12.6 Å². The lowest BCUT2D eigenvalue weighted by atomic mass is 9.98. The molecule has 0 aliphatic carbocycles. The van der Waals surface area contributed by atoms with E-state index in [4.69, 9.17) is 5.14 Å². The number of hydrogen-bond acceptors (Lipinski definition) is 4. The Morgan fingerprint density at radius 3 is 2.28 bits per heavy atom. The summed E-state index contributed by atoms with van der Waals surface area (Å²) in [6.07, 6.45) is -4.77. The van der Waals surface area contributed by atoms with Crippen molar-refractivity contribution in [3.8, 4) is 22.4 Å². The van der Waals surface area contributed by atoms with E-state index in [2.05, 4.69) is 10.4 Å². The van der Waals surface area contributed by atoms with Crippen LogP contribution in [-0.2, 0) is 21.0 Å². The zero-order valence-electron chi connectivity index (χ0n) is 14.9. The summed E-state index contributed by atoms with van der Waals surface area (Å²) in [6.45, 7) is 1.30. The quantitative estimate of drug-likeness (QED) is 0.595. The Morgan fingerprint density at radius 1 is 1.10 bits per heavy atom. The molecule has 1 amide bonds. The molecule has 1 aromatic heterocycles. The molecular formula is C18H15F3N4O3S. The topological polar surface area (TPSA) is 118 Å². The van der Waals surface area contributed by atoms with Crippen molar-refractivity contribution >= 4 is 21.6 Å². The van der Waals surface area contributed by atoms with E-state index in [-0.39, 0.29) is 33.2 Å². The maximum absolute atomic E-state index is 13.6. The molecule has 0 aliphatic rings. The molecule has 3 aromatic rings. The van der Waals surface area contributed by atoms with Gasteiger partial charge in [-0.25, -0.2) is 13.6 Å². The van der Waals surface area contributed by atoms with E-state index in [0.29, 0.717) is 5.69 Å². The third kappa shape index (κ3) is 4.30. The number of carbonyl (C=O) groups excluding carboxylic acids is 1. The lowest BCUT2D eigenvalue weighted by Gasteiger charge is -2.12. The van der Waals surface area contributed by atoms with E-state index in [0.717, 1.165) is 0 Å². The maximum atomic E-state index is 13.6. The first-order valence-electron chi connectivity index (χ1n) is 8.14. The number of hydrogen-bond donors (Lipinski definition) is 3. The van der Waals surface area contributed by atoms with Crippen molar-refractivity contribution < 1.29 is 26.4 Å². The number of aromatic amines is 1. The van der Waals surface area contributed by atoms with Crippen LogP contribution < -0.4 is 10.5 Å². The summed E-state index contributed by atoms with van der Waals surface area (Å²) in [5.41, 5.74) is -1.23. The van der Waals surface area contributed by atoms with Gasteiger partial charge in [0.25, 0.3) is 0 Å². The van der Waals surface area contributed by atoms with Crippen molar-refractivity contribution in [3.05, 3.63) is 54.2 Å². The molecule has 0 radical (unpaired) electrons. The van der Waals surface area contributed by atoms with Gasteiger partial charge in [0.05, 0.1) is 4.90 Å². The third-order valence-electron chi connectivity index (χ3n) is 3.99. The molecule has 2 aromatic carbocycles. The SMILES string of the molecule is CC(=O)Nc1ccc(-c2c(-c3ccccc3S(N)(=O)=O)n[nH]c2C(F)(F)F)cc1. The number of amides is 1. The van der Waals surface area contributed by atoms with Gasteiger partial charge in [-0.1, -0.05) is 30.3 Å². The first kappa shape index (κ1) is 20.6. The molecule has 29 heavy (non-hydrogen) atoms. The average molecular weight is 424 g/mol. The highest BCUT2D eigenvalue weighted by molar-refractivity contribution is 7.89. The monoisotopic (exact) mass is 424 g/mol. The van der Waals surface area contributed by atoms with Crippen molar-refractivity contribution in [1.82, 2.24) is 10.2 Å². The second-order valence-electron chi connectivity index (χ2n) is 6.12. The molecule has 0 saturated heterocycles. The zero-order valence-corrected chi connectivity index (χ0v) is 15.7. The minimum Gasteiger partial charge on any atom is -0.326 e. The van der Waals surface area contributed by atoms with E-state index < -0.39 is 21.9 Å².